The number of para-hydroxylation sites is 1. The topological polar surface area (TPSA) is 47.0 Å². The number of benzene rings is 1. The van der Waals surface area contributed by atoms with E-state index < -0.39 is 0 Å². The zero-order valence-corrected chi connectivity index (χ0v) is 11.9. The van der Waals surface area contributed by atoms with E-state index in [1.165, 1.54) is 5.56 Å². The van der Waals surface area contributed by atoms with E-state index in [9.17, 15) is 0 Å². The molecule has 1 aromatic heterocycles. The average Bonchev–Trinajstić information content (AvgIpc) is 2.50. The van der Waals surface area contributed by atoms with Crippen LogP contribution in [0, 0.1) is 6.92 Å². The molecule has 4 heteroatoms. The zero-order valence-electron chi connectivity index (χ0n) is 11.9. The Morgan fingerprint density at radius 1 is 1.25 bits per heavy atom. The number of hydrogen-bond acceptors (Lipinski definition) is 4. The van der Waals surface area contributed by atoms with Crippen LogP contribution in [0.25, 0.3) is 0 Å². The summed E-state index contributed by atoms with van der Waals surface area (Å²) in [6.45, 7) is 2.73. The van der Waals surface area contributed by atoms with Gasteiger partial charge in [-0.15, -0.1) is 0 Å². The first kappa shape index (κ1) is 13.1. The highest BCUT2D eigenvalue weighted by atomic mass is 16.5. The molecule has 2 aromatic rings. The second kappa shape index (κ2) is 5.59. The van der Waals surface area contributed by atoms with Gasteiger partial charge >= 0.3 is 0 Å². The first-order chi connectivity index (χ1) is 9.79. The Kier molecular flexibility index (Phi) is 3.65. The van der Waals surface area contributed by atoms with E-state index >= 15 is 0 Å². The molecule has 1 aliphatic rings. The molecule has 0 amide bonds. The molecule has 1 aliphatic heterocycles. The lowest BCUT2D eigenvalue weighted by atomic mass is 9.96. The minimum atomic E-state index is 0.0103. The summed E-state index contributed by atoms with van der Waals surface area (Å²) in [7, 11) is 1.94. The summed E-state index contributed by atoms with van der Waals surface area (Å²) in [5.41, 5.74) is 4.27. The maximum absolute atomic E-state index is 5.89. The van der Waals surface area contributed by atoms with Crippen molar-refractivity contribution in [2.45, 2.75) is 25.8 Å². The van der Waals surface area contributed by atoms with Gasteiger partial charge in [0.05, 0.1) is 30.2 Å². The van der Waals surface area contributed by atoms with Gasteiger partial charge in [-0.3, -0.25) is 9.97 Å². The van der Waals surface area contributed by atoms with Gasteiger partial charge in [-0.05, 0) is 32.4 Å². The van der Waals surface area contributed by atoms with Crippen LogP contribution in [0.1, 0.15) is 35.0 Å². The van der Waals surface area contributed by atoms with Crippen molar-refractivity contribution in [3.05, 3.63) is 53.1 Å². The van der Waals surface area contributed by atoms with Crippen LogP contribution < -0.4 is 10.1 Å². The van der Waals surface area contributed by atoms with E-state index in [4.69, 9.17) is 4.74 Å². The Labute approximate surface area is 119 Å². The summed E-state index contributed by atoms with van der Waals surface area (Å²) in [5.74, 6) is 1.01. The summed E-state index contributed by atoms with van der Waals surface area (Å²) in [5, 5.41) is 3.32. The Bertz CT molecular complexity index is 595. The largest absolute Gasteiger partial charge is 0.493 e. The number of aromatic nitrogens is 2. The van der Waals surface area contributed by atoms with E-state index in [2.05, 4.69) is 33.5 Å². The lowest BCUT2D eigenvalue weighted by Gasteiger charge is -2.24. The third-order valence-corrected chi connectivity index (χ3v) is 3.66. The van der Waals surface area contributed by atoms with Crippen molar-refractivity contribution in [2.75, 3.05) is 13.7 Å². The summed E-state index contributed by atoms with van der Waals surface area (Å²) in [4.78, 5) is 8.84. The second-order valence-electron chi connectivity index (χ2n) is 5.09. The normalized spacial score (nSPS) is 15.3. The first-order valence-corrected chi connectivity index (χ1v) is 7.00. The van der Waals surface area contributed by atoms with Crippen LogP contribution in [0.2, 0.25) is 0 Å². The molecule has 1 N–H and O–H groups in total. The molecule has 0 radical (unpaired) electrons. The molecule has 1 atom stereocenters. The van der Waals surface area contributed by atoms with E-state index in [1.54, 1.807) is 6.20 Å². The number of hydrogen-bond donors (Lipinski definition) is 1. The molecule has 1 unspecified atom stereocenters. The van der Waals surface area contributed by atoms with Crippen LogP contribution in [-0.2, 0) is 6.42 Å². The molecule has 1 aromatic carbocycles. The van der Waals surface area contributed by atoms with Crippen LogP contribution in [0.3, 0.4) is 0 Å². The molecule has 0 bridgehead atoms. The predicted octanol–water partition coefficient (Wildman–Crippen LogP) is 2.42. The average molecular weight is 269 g/mol. The van der Waals surface area contributed by atoms with Crippen LogP contribution in [-0.4, -0.2) is 23.6 Å². The lowest BCUT2D eigenvalue weighted by molar-refractivity contribution is 0.283. The summed E-state index contributed by atoms with van der Waals surface area (Å²) in [6, 6.07) is 6.35. The number of aryl methyl sites for hydroxylation is 2. The maximum Gasteiger partial charge on any atom is 0.127 e. The third kappa shape index (κ3) is 2.39. The summed E-state index contributed by atoms with van der Waals surface area (Å²) >= 11 is 0. The smallest absolute Gasteiger partial charge is 0.127 e. The quantitative estimate of drug-likeness (QED) is 0.929. The zero-order chi connectivity index (χ0) is 13.9. The summed E-state index contributed by atoms with van der Waals surface area (Å²) in [6.07, 6.45) is 5.80. The SMILES string of the molecule is CNC(c1cnc(C)cn1)c1cccc2c1OCCC2. The standard InChI is InChI=1S/C16H19N3O/c1-11-9-19-14(10-18-11)15(17-2)13-7-3-5-12-6-4-8-20-16(12)13/h3,5,7,9-10,15,17H,4,6,8H2,1-2H3. The van der Waals surface area contributed by atoms with Gasteiger partial charge in [0.1, 0.15) is 5.75 Å². The third-order valence-electron chi connectivity index (χ3n) is 3.66. The van der Waals surface area contributed by atoms with Gasteiger partial charge in [-0.2, -0.15) is 0 Å². The molecule has 2 heterocycles. The molecule has 4 nitrogen and oxygen atoms in total. The van der Waals surface area contributed by atoms with E-state index in [0.717, 1.165) is 42.1 Å². The number of nitrogens with zero attached hydrogens (tertiary/aromatic N) is 2. The molecule has 0 saturated carbocycles. The van der Waals surface area contributed by atoms with E-state index in [0.29, 0.717) is 0 Å². The van der Waals surface area contributed by atoms with Crippen LogP contribution >= 0.6 is 0 Å². The van der Waals surface area contributed by atoms with Crippen molar-refractivity contribution in [3.63, 3.8) is 0 Å². The van der Waals surface area contributed by atoms with Crippen LogP contribution in [0.4, 0.5) is 0 Å². The number of nitrogens with one attached hydrogen (secondary N) is 1. The van der Waals surface area contributed by atoms with Crippen molar-refractivity contribution in [1.29, 1.82) is 0 Å². The van der Waals surface area contributed by atoms with Gasteiger partial charge < -0.3 is 10.1 Å². The van der Waals surface area contributed by atoms with Crippen molar-refractivity contribution in [3.8, 4) is 5.75 Å². The van der Waals surface area contributed by atoms with E-state index in [1.807, 2.05) is 20.2 Å². The molecule has 0 saturated heterocycles. The fraction of sp³-hybridized carbons (Fsp3) is 0.375. The van der Waals surface area contributed by atoms with Gasteiger partial charge in [0, 0.05) is 11.8 Å². The van der Waals surface area contributed by atoms with Crippen LogP contribution in [0.5, 0.6) is 5.75 Å². The Morgan fingerprint density at radius 2 is 2.15 bits per heavy atom. The number of rotatable bonds is 3. The second-order valence-corrected chi connectivity index (χ2v) is 5.09. The van der Waals surface area contributed by atoms with Gasteiger partial charge in [0.25, 0.3) is 0 Å². The van der Waals surface area contributed by atoms with Gasteiger partial charge in [-0.25, -0.2) is 0 Å². The fourth-order valence-electron chi connectivity index (χ4n) is 2.66. The molecule has 0 spiro atoms. The monoisotopic (exact) mass is 269 g/mol. The predicted molar refractivity (Wildman–Crippen MR) is 77.9 cm³/mol. The number of ether oxygens (including phenoxy) is 1. The molecule has 3 rings (SSSR count). The highest BCUT2D eigenvalue weighted by Gasteiger charge is 2.22. The molecular formula is C16H19N3O. The van der Waals surface area contributed by atoms with Crippen LogP contribution in [0.15, 0.2) is 30.6 Å². The van der Waals surface area contributed by atoms with Crippen molar-refractivity contribution in [1.82, 2.24) is 15.3 Å². The van der Waals surface area contributed by atoms with Gasteiger partial charge in [-0.1, -0.05) is 18.2 Å². The van der Waals surface area contributed by atoms with Gasteiger partial charge in [0.2, 0.25) is 0 Å². The van der Waals surface area contributed by atoms with Crippen molar-refractivity contribution < 1.29 is 4.74 Å². The van der Waals surface area contributed by atoms with Crippen molar-refractivity contribution in [2.24, 2.45) is 0 Å². The highest BCUT2D eigenvalue weighted by Crippen LogP contribution is 2.34. The lowest BCUT2D eigenvalue weighted by Crippen LogP contribution is -2.22. The van der Waals surface area contributed by atoms with Crippen molar-refractivity contribution >= 4 is 0 Å². The molecule has 104 valence electrons. The minimum Gasteiger partial charge on any atom is -0.493 e. The fourth-order valence-corrected chi connectivity index (χ4v) is 2.66. The number of fused-ring (bicyclic) bond motifs is 1. The van der Waals surface area contributed by atoms with Gasteiger partial charge in [0.15, 0.2) is 0 Å². The first-order valence-electron chi connectivity index (χ1n) is 7.00. The van der Waals surface area contributed by atoms with E-state index in [-0.39, 0.29) is 6.04 Å². The molecule has 0 aliphatic carbocycles. The Hall–Kier alpha value is -1.94. The molecule has 0 fully saturated rings. The molecular weight excluding hydrogens is 250 g/mol. The summed E-state index contributed by atoms with van der Waals surface area (Å²) < 4.78 is 5.89. The minimum absolute atomic E-state index is 0.0103. The Morgan fingerprint density at radius 3 is 2.90 bits per heavy atom. The Balaban J connectivity index is 2.03. The highest BCUT2D eigenvalue weighted by molar-refractivity contribution is 5.46. The maximum atomic E-state index is 5.89. The molecule has 20 heavy (non-hydrogen) atoms.